The number of aryl methyl sites for hydroxylation is 1. The predicted octanol–water partition coefficient (Wildman–Crippen LogP) is 3.53. The quantitative estimate of drug-likeness (QED) is 0.799. The van der Waals surface area contributed by atoms with Gasteiger partial charge < -0.3 is 9.73 Å². The fourth-order valence-electron chi connectivity index (χ4n) is 1.75. The number of hydrogen-bond acceptors (Lipinski definition) is 2. The number of halogens is 3. The number of rotatable bonds is 7. The maximum Gasteiger partial charge on any atom is 0.389 e. The molecule has 0 amide bonds. The van der Waals surface area contributed by atoms with Crippen molar-refractivity contribution >= 4 is 0 Å². The predicted molar refractivity (Wildman–Crippen MR) is 59.8 cm³/mol. The average molecular weight is 249 g/mol. The largest absolute Gasteiger partial charge is 0.469 e. The molecule has 0 radical (unpaired) electrons. The van der Waals surface area contributed by atoms with E-state index in [4.69, 9.17) is 4.42 Å². The van der Waals surface area contributed by atoms with Crippen LogP contribution in [0, 0.1) is 0 Å². The second-order valence-electron chi connectivity index (χ2n) is 4.11. The molecule has 0 saturated heterocycles. The van der Waals surface area contributed by atoms with Crippen molar-refractivity contribution in [2.45, 2.75) is 44.3 Å². The van der Waals surface area contributed by atoms with E-state index in [-0.39, 0.29) is 12.5 Å². The molecule has 1 heterocycles. The molecule has 0 aromatic carbocycles. The molecule has 0 saturated carbocycles. The molecular weight excluding hydrogens is 231 g/mol. The maximum absolute atomic E-state index is 12.0. The molecule has 5 heteroatoms. The molecular formula is C12H18F3NO. The molecule has 0 aliphatic heterocycles. The SMILES string of the molecule is CNC(CCCC(F)(F)F)CCc1ccco1. The van der Waals surface area contributed by atoms with Crippen LogP contribution in [0.4, 0.5) is 13.2 Å². The summed E-state index contributed by atoms with van der Waals surface area (Å²) in [7, 11) is 1.78. The Labute approximate surface area is 99.2 Å². The van der Waals surface area contributed by atoms with Gasteiger partial charge in [0.2, 0.25) is 0 Å². The summed E-state index contributed by atoms with van der Waals surface area (Å²) in [5.41, 5.74) is 0. The second kappa shape index (κ2) is 6.69. The van der Waals surface area contributed by atoms with E-state index in [1.54, 1.807) is 13.3 Å². The Morgan fingerprint density at radius 1 is 1.35 bits per heavy atom. The molecule has 0 bridgehead atoms. The highest BCUT2D eigenvalue weighted by molar-refractivity contribution is 4.98. The number of furan rings is 1. The molecule has 17 heavy (non-hydrogen) atoms. The van der Waals surface area contributed by atoms with Crippen LogP contribution in [-0.2, 0) is 6.42 Å². The Hall–Kier alpha value is -0.970. The molecule has 98 valence electrons. The molecule has 0 aliphatic carbocycles. The highest BCUT2D eigenvalue weighted by Crippen LogP contribution is 2.23. The van der Waals surface area contributed by atoms with Crippen LogP contribution in [0.1, 0.15) is 31.4 Å². The number of hydrogen-bond donors (Lipinski definition) is 1. The lowest BCUT2D eigenvalue weighted by Gasteiger charge is -2.15. The zero-order valence-electron chi connectivity index (χ0n) is 9.89. The van der Waals surface area contributed by atoms with Gasteiger partial charge in [0.1, 0.15) is 5.76 Å². The molecule has 2 nitrogen and oxygen atoms in total. The molecule has 0 fully saturated rings. The summed E-state index contributed by atoms with van der Waals surface area (Å²) in [6.07, 6.45) is -0.880. The molecule has 1 N–H and O–H groups in total. The van der Waals surface area contributed by atoms with Crippen molar-refractivity contribution < 1.29 is 17.6 Å². The summed E-state index contributed by atoms with van der Waals surface area (Å²) < 4.78 is 41.1. The second-order valence-corrected chi connectivity index (χ2v) is 4.11. The minimum atomic E-state index is -4.04. The topological polar surface area (TPSA) is 25.2 Å². The summed E-state index contributed by atoms with van der Waals surface area (Å²) in [4.78, 5) is 0. The third-order valence-corrected chi connectivity index (χ3v) is 2.74. The van der Waals surface area contributed by atoms with Gasteiger partial charge in [0.25, 0.3) is 0 Å². The van der Waals surface area contributed by atoms with Crippen LogP contribution in [0.25, 0.3) is 0 Å². The zero-order valence-corrected chi connectivity index (χ0v) is 9.89. The van der Waals surface area contributed by atoms with E-state index in [0.717, 1.165) is 18.6 Å². The van der Waals surface area contributed by atoms with Crippen LogP contribution in [-0.4, -0.2) is 19.3 Å². The summed E-state index contributed by atoms with van der Waals surface area (Å²) in [5.74, 6) is 0.876. The Kier molecular flexibility index (Phi) is 5.55. The Morgan fingerprint density at radius 2 is 2.12 bits per heavy atom. The first kappa shape index (κ1) is 14.1. The standard InChI is InChI=1S/C12H18F3NO/c1-16-10(4-2-8-12(13,14)15)6-7-11-5-3-9-17-11/h3,5,9-10,16H,2,4,6-8H2,1H3. The lowest BCUT2D eigenvalue weighted by Crippen LogP contribution is -2.26. The van der Waals surface area contributed by atoms with Crippen LogP contribution >= 0.6 is 0 Å². The fourth-order valence-corrected chi connectivity index (χ4v) is 1.75. The van der Waals surface area contributed by atoms with Gasteiger partial charge in [0.05, 0.1) is 6.26 Å². The van der Waals surface area contributed by atoms with Crippen molar-refractivity contribution in [3.05, 3.63) is 24.2 Å². The maximum atomic E-state index is 12.0. The van der Waals surface area contributed by atoms with Crippen molar-refractivity contribution in [3.63, 3.8) is 0 Å². The first-order chi connectivity index (χ1) is 8.01. The highest BCUT2D eigenvalue weighted by Gasteiger charge is 2.26. The monoisotopic (exact) mass is 249 g/mol. The van der Waals surface area contributed by atoms with Gasteiger partial charge in [-0.25, -0.2) is 0 Å². The third kappa shape index (κ3) is 6.36. The zero-order chi connectivity index (χ0) is 12.7. The van der Waals surface area contributed by atoms with Crippen molar-refractivity contribution in [1.29, 1.82) is 0 Å². The van der Waals surface area contributed by atoms with E-state index in [2.05, 4.69) is 5.32 Å². The minimum absolute atomic E-state index is 0.113. The van der Waals surface area contributed by atoms with Crippen LogP contribution in [0.3, 0.4) is 0 Å². The van der Waals surface area contributed by atoms with Crippen LogP contribution in [0.15, 0.2) is 22.8 Å². The van der Waals surface area contributed by atoms with Gasteiger partial charge in [0, 0.05) is 18.9 Å². The lowest BCUT2D eigenvalue weighted by molar-refractivity contribution is -0.135. The molecule has 1 aromatic heterocycles. The van der Waals surface area contributed by atoms with Crippen LogP contribution < -0.4 is 5.32 Å². The number of nitrogens with one attached hydrogen (secondary N) is 1. The van der Waals surface area contributed by atoms with E-state index < -0.39 is 12.6 Å². The molecule has 1 unspecified atom stereocenters. The van der Waals surface area contributed by atoms with Gasteiger partial charge in [-0.1, -0.05) is 0 Å². The van der Waals surface area contributed by atoms with Crippen LogP contribution in [0.5, 0.6) is 0 Å². The average Bonchev–Trinajstić information content (AvgIpc) is 2.74. The highest BCUT2D eigenvalue weighted by atomic mass is 19.4. The van der Waals surface area contributed by atoms with E-state index in [1.165, 1.54) is 0 Å². The van der Waals surface area contributed by atoms with E-state index >= 15 is 0 Å². The first-order valence-electron chi connectivity index (χ1n) is 5.77. The summed E-state index contributed by atoms with van der Waals surface area (Å²) in [6, 6.07) is 3.80. The Balaban J connectivity index is 2.20. The normalized spacial score (nSPS) is 13.9. The van der Waals surface area contributed by atoms with Crippen molar-refractivity contribution in [3.8, 4) is 0 Å². The Morgan fingerprint density at radius 3 is 2.65 bits per heavy atom. The summed E-state index contributed by atoms with van der Waals surface area (Å²) in [6.45, 7) is 0. The van der Waals surface area contributed by atoms with Crippen molar-refractivity contribution in [2.24, 2.45) is 0 Å². The van der Waals surface area contributed by atoms with Gasteiger partial charge in [-0.05, 0) is 38.4 Å². The smallest absolute Gasteiger partial charge is 0.389 e. The van der Waals surface area contributed by atoms with E-state index in [1.807, 2.05) is 12.1 Å². The summed E-state index contributed by atoms with van der Waals surface area (Å²) >= 11 is 0. The van der Waals surface area contributed by atoms with Crippen LogP contribution in [0.2, 0.25) is 0 Å². The van der Waals surface area contributed by atoms with Gasteiger partial charge >= 0.3 is 6.18 Å². The minimum Gasteiger partial charge on any atom is -0.469 e. The van der Waals surface area contributed by atoms with Crippen molar-refractivity contribution in [2.75, 3.05) is 7.05 Å². The van der Waals surface area contributed by atoms with E-state index in [0.29, 0.717) is 6.42 Å². The van der Waals surface area contributed by atoms with Gasteiger partial charge in [-0.2, -0.15) is 13.2 Å². The molecule has 0 aliphatic rings. The number of alkyl halides is 3. The van der Waals surface area contributed by atoms with E-state index in [9.17, 15) is 13.2 Å². The molecule has 1 aromatic rings. The van der Waals surface area contributed by atoms with Gasteiger partial charge in [-0.15, -0.1) is 0 Å². The molecule has 1 rings (SSSR count). The summed E-state index contributed by atoms with van der Waals surface area (Å²) in [5, 5.41) is 3.04. The Bertz CT molecular complexity index is 295. The van der Waals surface area contributed by atoms with Gasteiger partial charge in [0.15, 0.2) is 0 Å². The first-order valence-corrected chi connectivity index (χ1v) is 5.77. The lowest BCUT2D eigenvalue weighted by atomic mass is 10.0. The fraction of sp³-hybridized carbons (Fsp3) is 0.667. The van der Waals surface area contributed by atoms with Gasteiger partial charge in [-0.3, -0.25) is 0 Å². The van der Waals surface area contributed by atoms with Crippen molar-refractivity contribution in [1.82, 2.24) is 5.32 Å². The third-order valence-electron chi connectivity index (χ3n) is 2.74. The molecule has 1 atom stereocenters. The molecule has 0 spiro atoms.